The molecule has 0 aliphatic carbocycles. The molecule has 18 heavy (non-hydrogen) atoms. The number of hydrogen-bond donors (Lipinski definition) is 0. The molecule has 0 fully saturated rings. The Bertz CT molecular complexity index is 600. The van der Waals surface area contributed by atoms with Gasteiger partial charge < -0.3 is 4.42 Å². The molecule has 0 saturated carbocycles. The molecule has 0 spiro atoms. The van der Waals surface area contributed by atoms with Crippen LogP contribution in [0, 0.1) is 6.92 Å². The maximum Gasteiger partial charge on any atom is 0.137 e. The summed E-state index contributed by atoms with van der Waals surface area (Å²) in [5.41, 5.74) is 1.66. The van der Waals surface area contributed by atoms with Crippen LogP contribution >= 0.6 is 23.2 Å². The van der Waals surface area contributed by atoms with Crippen LogP contribution in [0.25, 0.3) is 11.3 Å². The minimum Gasteiger partial charge on any atom is -0.461 e. The molecular weight excluding hydrogens is 271 g/mol. The monoisotopic (exact) mass is 282 g/mol. The maximum atomic E-state index is 11.0. The van der Waals surface area contributed by atoms with Crippen molar-refractivity contribution in [2.45, 2.75) is 20.3 Å². The minimum absolute atomic E-state index is 0.0592. The van der Waals surface area contributed by atoms with Gasteiger partial charge >= 0.3 is 0 Å². The number of hydrogen-bond acceptors (Lipinski definition) is 2. The Kier molecular flexibility index (Phi) is 3.79. The Morgan fingerprint density at radius 1 is 1.22 bits per heavy atom. The molecule has 0 radical (unpaired) electrons. The van der Waals surface area contributed by atoms with Gasteiger partial charge in [0.05, 0.1) is 11.4 Å². The summed E-state index contributed by atoms with van der Waals surface area (Å²) >= 11 is 12.2. The lowest BCUT2D eigenvalue weighted by Gasteiger charge is -2.04. The van der Waals surface area contributed by atoms with Crippen LogP contribution in [-0.4, -0.2) is 5.78 Å². The Morgan fingerprint density at radius 3 is 2.61 bits per heavy atom. The molecule has 4 heteroatoms. The minimum atomic E-state index is 0.0592. The van der Waals surface area contributed by atoms with Crippen LogP contribution < -0.4 is 0 Å². The summed E-state index contributed by atoms with van der Waals surface area (Å²) in [5, 5.41) is 1.22. The molecule has 0 unspecified atom stereocenters. The van der Waals surface area contributed by atoms with Crippen molar-refractivity contribution in [2.24, 2.45) is 0 Å². The fraction of sp³-hybridized carbons (Fsp3) is 0.214. The number of halogens is 2. The highest BCUT2D eigenvalue weighted by molar-refractivity contribution is 6.35. The molecule has 1 heterocycles. The van der Waals surface area contributed by atoms with Crippen molar-refractivity contribution >= 4 is 29.0 Å². The topological polar surface area (TPSA) is 30.2 Å². The van der Waals surface area contributed by atoms with E-state index in [4.69, 9.17) is 27.6 Å². The van der Waals surface area contributed by atoms with Gasteiger partial charge in [0.25, 0.3) is 0 Å². The van der Waals surface area contributed by atoms with Crippen molar-refractivity contribution in [1.29, 1.82) is 0 Å². The highest BCUT2D eigenvalue weighted by Crippen LogP contribution is 2.33. The molecule has 2 aromatic rings. The number of furan rings is 1. The van der Waals surface area contributed by atoms with E-state index in [-0.39, 0.29) is 12.2 Å². The Hall–Kier alpha value is -1.25. The van der Waals surface area contributed by atoms with Crippen LogP contribution in [0.3, 0.4) is 0 Å². The lowest BCUT2D eigenvalue weighted by Crippen LogP contribution is -1.93. The van der Waals surface area contributed by atoms with Gasteiger partial charge in [-0.1, -0.05) is 23.2 Å². The van der Waals surface area contributed by atoms with Crippen molar-refractivity contribution in [1.82, 2.24) is 0 Å². The summed E-state index contributed by atoms with van der Waals surface area (Å²) in [6.45, 7) is 3.42. The van der Waals surface area contributed by atoms with Gasteiger partial charge in [-0.25, -0.2) is 0 Å². The van der Waals surface area contributed by atoms with Crippen molar-refractivity contribution in [3.05, 3.63) is 45.6 Å². The quantitative estimate of drug-likeness (QED) is 0.817. The van der Waals surface area contributed by atoms with Crippen molar-refractivity contribution in [3.63, 3.8) is 0 Å². The first-order valence-corrected chi connectivity index (χ1v) is 6.27. The van der Waals surface area contributed by atoms with Crippen LogP contribution in [0.1, 0.15) is 18.2 Å². The average molecular weight is 283 g/mol. The number of ketones is 1. The highest BCUT2D eigenvalue weighted by Gasteiger charge is 2.11. The molecule has 1 aromatic carbocycles. The predicted molar refractivity (Wildman–Crippen MR) is 73.3 cm³/mol. The fourth-order valence-corrected chi connectivity index (χ4v) is 2.17. The lowest BCUT2D eigenvalue weighted by molar-refractivity contribution is -0.116. The van der Waals surface area contributed by atoms with Gasteiger partial charge in [-0.15, -0.1) is 0 Å². The predicted octanol–water partition coefficient (Wildman–Crippen LogP) is 4.69. The number of aryl methyl sites for hydroxylation is 1. The molecule has 0 aliphatic heterocycles. The number of carbonyl (C=O) groups excluding carboxylic acids is 1. The second kappa shape index (κ2) is 5.17. The van der Waals surface area contributed by atoms with Crippen LogP contribution in [0.2, 0.25) is 10.0 Å². The van der Waals surface area contributed by atoms with E-state index in [1.165, 1.54) is 6.92 Å². The molecular formula is C14H12Cl2O2. The van der Waals surface area contributed by atoms with Crippen molar-refractivity contribution in [2.75, 3.05) is 0 Å². The first-order chi connectivity index (χ1) is 8.47. The molecule has 1 aromatic heterocycles. The van der Waals surface area contributed by atoms with E-state index < -0.39 is 0 Å². The van der Waals surface area contributed by atoms with E-state index in [9.17, 15) is 4.79 Å². The summed E-state index contributed by atoms with van der Waals surface area (Å²) in [5.74, 6) is 1.31. The SMILES string of the molecule is CC(=O)Cc1ccc(-c2cc(Cl)c(C)cc2Cl)o1. The second-order valence-electron chi connectivity index (χ2n) is 4.23. The van der Waals surface area contributed by atoms with Gasteiger partial charge in [-0.3, -0.25) is 4.79 Å². The largest absolute Gasteiger partial charge is 0.461 e. The second-order valence-corrected chi connectivity index (χ2v) is 5.04. The molecule has 94 valence electrons. The van der Waals surface area contributed by atoms with E-state index in [1.807, 2.05) is 6.92 Å². The number of benzene rings is 1. The number of carbonyl (C=O) groups is 1. The smallest absolute Gasteiger partial charge is 0.137 e. The third-order valence-electron chi connectivity index (χ3n) is 2.60. The molecule has 0 N–H and O–H groups in total. The molecule has 0 atom stereocenters. The Morgan fingerprint density at radius 2 is 1.94 bits per heavy atom. The zero-order valence-electron chi connectivity index (χ0n) is 10.1. The van der Waals surface area contributed by atoms with Gasteiger partial charge in [0, 0.05) is 10.6 Å². The van der Waals surface area contributed by atoms with Gasteiger partial charge in [0.2, 0.25) is 0 Å². The average Bonchev–Trinajstić information content (AvgIpc) is 2.70. The standard InChI is InChI=1S/C14H12Cl2O2/c1-8-5-13(16)11(7-12(8)15)14-4-3-10(18-14)6-9(2)17/h3-5,7H,6H2,1-2H3. The van der Waals surface area contributed by atoms with E-state index in [0.717, 1.165) is 11.1 Å². The van der Waals surface area contributed by atoms with Gasteiger partial charge in [0.15, 0.2) is 0 Å². The molecule has 0 amide bonds. The van der Waals surface area contributed by atoms with Crippen molar-refractivity contribution in [3.8, 4) is 11.3 Å². The third-order valence-corrected chi connectivity index (χ3v) is 3.32. The summed E-state index contributed by atoms with van der Waals surface area (Å²) in [4.78, 5) is 11.0. The Balaban J connectivity index is 2.40. The van der Waals surface area contributed by atoms with Crippen LogP contribution in [-0.2, 0) is 11.2 Å². The van der Waals surface area contributed by atoms with Gasteiger partial charge in [-0.05, 0) is 43.7 Å². The van der Waals surface area contributed by atoms with E-state index in [0.29, 0.717) is 21.6 Å². The molecule has 0 aliphatic rings. The van der Waals surface area contributed by atoms with Crippen LogP contribution in [0.5, 0.6) is 0 Å². The van der Waals surface area contributed by atoms with E-state index in [1.54, 1.807) is 24.3 Å². The van der Waals surface area contributed by atoms with E-state index in [2.05, 4.69) is 0 Å². The van der Waals surface area contributed by atoms with Crippen LogP contribution in [0.4, 0.5) is 0 Å². The van der Waals surface area contributed by atoms with Gasteiger partial charge in [-0.2, -0.15) is 0 Å². The summed E-state index contributed by atoms with van der Waals surface area (Å²) in [6.07, 6.45) is 0.289. The summed E-state index contributed by atoms with van der Waals surface area (Å²) < 4.78 is 5.59. The summed E-state index contributed by atoms with van der Waals surface area (Å²) in [6, 6.07) is 7.15. The fourth-order valence-electron chi connectivity index (χ4n) is 1.70. The van der Waals surface area contributed by atoms with Crippen LogP contribution in [0.15, 0.2) is 28.7 Å². The van der Waals surface area contributed by atoms with Gasteiger partial charge in [0.1, 0.15) is 17.3 Å². The highest BCUT2D eigenvalue weighted by atomic mass is 35.5. The lowest BCUT2D eigenvalue weighted by atomic mass is 10.1. The number of Topliss-reactive ketones (excluding diaryl/α,β-unsaturated/α-hetero) is 1. The molecule has 0 bridgehead atoms. The molecule has 2 nitrogen and oxygen atoms in total. The maximum absolute atomic E-state index is 11.0. The Labute approximate surface area is 116 Å². The van der Waals surface area contributed by atoms with E-state index >= 15 is 0 Å². The third kappa shape index (κ3) is 2.77. The summed E-state index contributed by atoms with van der Waals surface area (Å²) in [7, 11) is 0. The molecule has 0 saturated heterocycles. The zero-order valence-corrected chi connectivity index (χ0v) is 11.6. The zero-order chi connectivity index (χ0) is 13.3. The normalized spacial score (nSPS) is 10.7. The first-order valence-electron chi connectivity index (χ1n) is 5.51. The number of rotatable bonds is 3. The van der Waals surface area contributed by atoms with Crippen molar-refractivity contribution < 1.29 is 9.21 Å². The first kappa shape index (κ1) is 13.2. The molecule has 2 rings (SSSR count).